The van der Waals surface area contributed by atoms with Gasteiger partial charge in [-0.05, 0) is 35.4 Å². The van der Waals surface area contributed by atoms with Gasteiger partial charge >= 0.3 is 0 Å². The number of amides is 1. The molecule has 2 aliphatic heterocycles. The Morgan fingerprint density at radius 2 is 1.78 bits per heavy atom. The number of carbonyl (C=O) groups excluding carboxylic acids is 1. The van der Waals surface area contributed by atoms with Gasteiger partial charge in [0, 0.05) is 50.0 Å². The van der Waals surface area contributed by atoms with Crippen molar-refractivity contribution in [2.45, 2.75) is 13.0 Å². The fourth-order valence-corrected chi connectivity index (χ4v) is 4.68. The minimum atomic E-state index is 0.106. The predicted octanol–water partition coefficient (Wildman–Crippen LogP) is 3.75. The lowest BCUT2D eigenvalue weighted by Crippen LogP contribution is -2.72. The van der Waals surface area contributed by atoms with Gasteiger partial charge in [-0.2, -0.15) is 0 Å². The second kappa shape index (κ2) is 6.17. The van der Waals surface area contributed by atoms with Crippen LogP contribution in [0.25, 0.3) is 10.8 Å². The van der Waals surface area contributed by atoms with E-state index in [1.807, 2.05) is 17.0 Å². The molecular weight excluding hydrogens is 334 g/mol. The van der Waals surface area contributed by atoms with Gasteiger partial charge in [-0.1, -0.05) is 42.5 Å². The Balaban J connectivity index is 1.24. The van der Waals surface area contributed by atoms with E-state index in [0.29, 0.717) is 11.6 Å². The minimum absolute atomic E-state index is 0.106. The highest BCUT2D eigenvalue weighted by Gasteiger charge is 2.54. The molecule has 1 aromatic heterocycles. The lowest BCUT2D eigenvalue weighted by Gasteiger charge is -2.61. The monoisotopic (exact) mass is 357 g/mol. The fourth-order valence-electron chi connectivity index (χ4n) is 4.68. The van der Waals surface area contributed by atoms with Crippen LogP contribution in [0.5, 0.6) is 0 Å². The molecule has 2 saturated heterocycles. The van der Waals surface area contributed by atoms with Crippen LogP contribution < -0.4 is 0 Å². The smallest absolute Gasteiger partial charge is 0.255 e. The third kappa shape index (κ3) is 2.72. The largest absolute Gasteiger partial charge is 0.337 e. The molecule has 3 aromatic rings. The SMILES string of the molecule is C[C@H](c1cccc2ccccc12)N1CC2(CN(C(=O)c3cccnc3)C2)C1. The second-order valence-electron chi connectivity index (χ2n) is 8.05. The van der Waals surface area contributed by atoms with Crippen molar-refractivity contribution in [1.29, 1.82) is 0 Å². The van der Waals surface area contributed by atoms with Crippen LogP contribution in [0.3, 0.4) is 0 Å². The van der Waals surface area contributed by atoms with Crippen molar-refractivity contribution in [3.63, 3.8) is 0 Å². The number of rotatable bonds is 3. The molecule has 0 unspecified atom stereocenters. The Morgan fingerprint density at radius 1 is 1.00 bits per heavy atom. The highest BCUT2D eigenvalue weighted by Crippen LogP contribution is 2.44. The summed E-state index contributed by atoms with van der Waals surface area (Å²) in [6.07, 6.45) is 3.36. The number of carbonyl (C=O) groups is 1. The highest BCUT2D eigenvalue weighted by atomic mass is 16.2. The van der Waals surface area contributed by atoms with E-state index in [0.717, 1.165) is 26.2 Å². The average Bonchev–Trinajstić information content (AvgIpc) is 2.65. The van der Waals surface area contributed by atoms with E-state index in [2.05, 4.69) is 59.3 Å². The summed E-state index contributed by atoms with van der Waals surface area (Å²) in [6.45, 7) is 6.15. The van der Waals surface area contributed by atoms with Crippen LogP contribution in [0, 0.1) is 5.41 Å². The van der Waals surface area contributed by atoms with Crippen LogP contribution in [-0.2, 0) is 0 Å². The fraction of sp³-hybridized carbons (Fsp3) is 0.304. The molecule has 1 spiro atoms. The molecule has 4 nitrogen and oxygen atoms in total. The molecule has 0 saturated carbocycles. The number of fused-ring (bicyclic) bond motifs is 1. The molecule has 0 aliphatic carbocycles. The topological polar surface area (TPSA) is 36.4 Å². The number of benzene rings is 2. The molecule has 2 aromatic carbocycles. The maximum atomic E-state index is 12.5. The number of hydrogen-bond acceptors (Lipinski definition) is 3. The van der Waals surface area contributed by atoms with Crippen molar-refractivity contribution in [3.05, 3.63) is 78.1 Å². The summed E-state index contributed by atoms with van der Waals surface area (Å²) >= 11 is 0. The van der Waals surface area contributed by atoms with E-state index in [9.17, 15) is 4.79 Å². The third-order valence-electron chi connectivity index (χ3n) is 6.15. The standard InChI is InChI=1S/C23H23N3O/c1-17(20-10-4-7-18-6-2-3-9-21(18)20)25-13-23(14-25)15-26(16-23)22(27)19-8-5-11-24-12-19/h2-12,17H,13-16H2,1H3/t17-/m1/s1. The summed E-state index contributed by atoms with van der Waals surface area (Å²) < 4.78 is 0. The van der Waals surface area contributed by atoms with E-state index >= 15 is 0 Å². The molecule has 0 N–H and O–H groups in total. The first-order valence-corrected chi connectivity index (χ1v) is 9.56. The lowest BCUT2D eigenvalue weighted by atomic mass is 9.71. The zero-order valence-corrected chi connectivity index (χ0v) is 15.5. The molecule has 5 rings (SSSR count). The van der Waals surface area contributed by atoms with Crippen molar-refractivity contribution < 1.29 is 4.79 Å². The van der Waals surface area contributed by atoms with Crippen LogP contribution in [0.1, 0.15) is 28.9 Å². The molecular formula is C23H23N3O. The molecule has 136 valence electrons. The maximum absolute atomic E-state index is 12.5. The molecule has 3 heterocycles. The van der Waals surface area contributed by atoms with Crippen molar-refractivity contribution in [1.82, 2.24) is 14.8 Å². The first-order chi connectivity index (χ1) is 13.2. The van der Waals surface area contributed by atoms with Gasteiger partial charge in [0.15, 0.2) is 0 Å². The number of pyridine rings is 1. The summed E-state index contributed by atoms with van der Waals surface area (Å²) in [5, 5.41) is 2.64. The van der Waals surface area contributed by atoms with Crippen molar-refractivity contribution in [3.8, 4) is 0 Å². The first-order valence-electron chi connectivity index (χ1n) is 9.56. The Bertz CT molecular complexity index is 981. The van der Waals surface area contributed by atoms with Crippen molar-refractivity contribution in [2.75, 3.05) is 26.2 Å². The molecule has 27 heavy (non-hydrogen) atoms. The summed E-state index contributed by atoms with van der Waals surface area (Å²) in [4.78, 5) is 21.1. The quantitative estimate of drug-likeness (QED) is 0.716. The molecule has 0 radical (unpaired) electrons. The maximum Gasteiger partial charge on any atom is 0.255 e. The Morgan fingerprint density at radius 3 is 2.56 bits per heavy atom. The molecule has 2 aliphatic rings. The van der Waals surface area contributed by atoms with Crippen LogP contribution >= 0.6 is 0 Å². The van der Waals surface area contributed by atoms with Crippen LogP contribution in [-0.4, -0.2) is 46.9 Å². The molecule has 1 atom stereocenters. The van der Waals surface area contributed by atoms with E-state index < -0.39 is 0 Å². The van der Waals surface area contributed by atoms with Crippen LogP contribution in [0.15, 0.2) is 67.0 Å². The van der Waals surface area contributed by atoms with Gasteiger partial charge in [-0.25, -0.2) is 0 Å². The summed E-state index contributed by atoms with van der Waals surface area (Å²) in [6, 6.07) is 19.2. The average molecular weight is 357 g/mol. The number of likely N-dealkylation sites (tertiary alicyclic amines) is 2. The van der Waals surface area contributed by atoms with Crippen LogP contribution in [0.2, 0.25) is 0 Å². The van der Waals surface area contributed by atoms with E-state index in [1.165, 1.54) is 16.3 Å². The molecule has 1 amide bonds. The van der Waals surface area contributed by atoms with Gasteiger partial charge < -0.3 is 4.90 Å². The van der Waals surface area contributed by atoms with E-state index in [1.54, 1.807) is 12.4 Å². The van der Waals surface area contributed by atoms with Gasteiger partial charge in [0.05, 0.1) is 5.56 Å². The molecule has 2 fully saturated rings. The zero-order valence-electron chi connectivity index (χ0n) is 15.5. The summed E-state index contributed by atoms with van der Waals surface area (Å²) in [5.41, 5.74) is 2.37. The third-order valence-corrected chi connectivity index (χ3v) is 6.15. The number of aromatic nitrogens is 1. The predicted molar refractivity (Wildman–Crippen MR) is 107 cm³/mol. The Labute approximate surface area is 159 Å². The van der Waals surface area contributed by atoms with Crippen molar-refractivity contribution >= 4 is 16.7 Å². The van der Waals surface area contributed by atoms with Gasteiger partial charge in [0.1, 0.15) is 0 Å². The highest BCUT2D eigenvalue weighted by molar-refractivity contribution is 5.94. The van der Waals surface area contributed by atoms with E-state index in [4.69, 9.17) is 0 Å². The van der Waals surface area contributed by atoms with Gasteiger partial charge in [-0.3, -0.25) is 14.7 Å². The van der Waals surface area contributed by atoms with Crippen molar-refractivity contribution in [2.24, 2.45) is 5.41 Å². The number of nitrogens with zero attached hydrogens (tertiary/aromatic N) is 3. The van der Waals surface area contributed by atoms with Gasteiger partial charge in [0.25, 0.3) is 5.91 Å². The minimum Gasteiger partial charge on any atom is -0.337 e. The zero-order chi connectivity index (χ0) is 18.4. The van der Waals surface area contributed by atoms with E-state index in [-0.39, 0.29) is 11.3 Å². The number of hydrogen-bond donors (Lipinski definition) is 0. The molecule has 0 bridgehead atoms. The normalized spacial score (nSPS) is 19.5. The first kappa shape index (κ1) is 16.5. The van der Waals surface area contributed by atoms with Crippen LogP contribution in [0.4, 0.5) is 0 Å². The summed E-state index contributed by atoms with van der Waals surface area (Å²) in [7, 11) is 0. The lowest BCUT2D eigenvalue weighted by molar-refractivity contribution is -0.113. The Hall–Kier alpha value is -2.72. The molecule has 4 heteroatoms. The van der Waals surface area contributed by atoms with Gasteiger partial charge in [0.2, 0.25) is 0 Å². The Kier molecular flexibility index (Phi) is 3.76. The second-order valence-corrected chi connectivity index (χ2v) is 8.05. The van der Waals surface area contributed by atoms with Gasteiger partial charge in [-0.15, -0.1) is 0 Å². The summed E-state index contributed by atoms with van der Waals surface area (Å²) in [5.74, 6) is 0.106.